The van der Waals surface area contributed by atoms with Crippen molar-refractivity contribution in [1.29, 1.82) is 0 Å². The number of thiocarbonyl (C=S) groups is 1. The first-order valence-corrected chi connectivity index (χ1v) is 10.3. The second-order valence-corrected chi connectivity index (χ2v) is 9.44. The van der Waals surface area contributed by atoms with Crippen LogP contribution in [0.5, 0.6) is 0 Å². The Labute approximate surface area is 166 Å². The molecule has 0 heterocycles. The first-order valence-electron chi connectivity index (χ1n) is 9.50. The van der Waals surface area contributed by atoms with Crippen LogP contribution in [0.15, 0.2) is 23.3 Å². The Morgan fingerprint density at radius 2 is 1.81 bits per heavy atom. The van der Waals surface area contributed by atoms with E-state index >= 15 is 0 Å². The average Bonchev–Trinajstić information content (AvgIpc) is 2.54. The highest BCUT2D eigenvalue weighted by Crippen LogP contribution is 2.55. The zero-order valence-corrected chi connectivity index (χ0v) is 17.0. The van der Waals surface area contributed by atoms with E-state index in [1.807, 2.05) is 37.2 Å². The van der Waals surface area contributed by atoms with Gasteiger partial charge < -0.3 is 10.2 Å². The van der Waals surface area contributed by atoms with Crippen LogP contribution in [0.3, 0.4) is 0 Å². The fourth-order valence-corrected chi connectivity index (χ4v) is 6.08. The fourth-order valence-electron chi connectivity index (χ4n) is 5.59. The van der Waals surface area contributed by atoms with E-state index in [9.17, 15) is 0 Å². The summed E-state index contributed by atoms with van der Waals surface area (Å²) in [6.07, 6.45) is 9.82. The molecule has 0 spiro atoms. The molecule has 2 N–H and O–H groups in total. The number of nitrogens with zero attached hydrogens (tertiary/aromatic N) is 2. The number of hydrogen-bond donors (Lipinski definition) is 2. The second kappa shape index (κ2) is 7.01. The van der Waals surface area contributed by atoms with E-state index < -0.39 is 0 Å². The Balaban J connectivity index is 1.35. The number of rotatable bonds is 4. The van der Waals surface area contributed by atoms with Crippen molar-refractivity contribution in [2.75, 3.05) is 19.0 Å². The van der Waals surface area contributed by atoms with Crippen molar-refractivity contribution >= 4 is 40.8 Å². The Kier molecular flexibility index (Phi) is 4.86. The molecular formula is C20H27ClN4S. The van der Waals surface area contributed by atoms with Crippen molar-refractivity contribution in [3.8, 4) is 0 Å². The summed E-state index contributed by atoms with van der Waals surface area (Å²) in [4.78, 5) is 2.02. The van der Waals surface area contributed by atoms with Gasteiger partial charge in [-0.15, -0.1) is 0 Å². The number of hydrazone groups is 1. The van der Waals surface area contributed by atoms with Crippen LogP contribution in [-0.4, -0.2) is 31.0 Å². The molecule has 0 aromatic heterocycles. The van der Waals surface area contributed by atoms with Crippen LogP contribution in [0.4, 0.5) is 5.69 Å². The molecule has 4 fully saturated rings. The minimum atomic E-state index is 0.208. The molecule has 1 aromatic carbocycles. The molecule has 1 aromatic rings. The summed E-state index contributed by atoms with van der Waals surface area (Å²) in [5.74, 6) is 2.69. The summed E-state index contributed by atoms with van der Waals surface area (Å²) in [7, 11) is 3.99. The molecular weight excluding hydrogens is 364 g/mol. The molecule has 0 saturated heterocycles. The highest BCUT2D eigenvalue weighted by molar-refractivity contribution is 7.80. The Bertz CT molecular complexity index is 695. The van der Waals surface area contributed by atoms with E-state index in [1.54, 1.807) is 6.21 Å². The number of halogens is 1. The zero-order chi connectivity index (χ0) is 18.3. The van der Waals surface area contributed by atoms with Gasteiger partial charge in [0.25, 0.3) is 0 Å². The lowest BCUT2D eigenvalue weighted by Crippen LogP contribution is -2.61. The zero-order valence-electron chi connectivity index (χ0n) is 15.5. The SMILES string of the molecule is CN(C)c1ccc(C=NNC(=S)NC23CC4CC(CC(C4)C2)C3)c(Cl)c1. The van der Waals surface area contributed by atoms with Gasteiger partial charge in [0.15, 0.2) is 5.11 Å². The highest BCUT2D eigenvalue weighted by atomic mass is 35.5. The molecule has 0 unspecified atom stereocenters. The molecule has 4 nitrogen and oxygen atoms in total. The maximum Gasteiger partial charge on any atom is 0.187 e. The monoisotopic (exact) mass is 390 g/mol. The van der Waals surface area contributed by atoms with Crippen molar-refractivity contribution < 1.29 is 0 Å². The molecule has 140 valence electrons. The van der Waals surface area contributed by atoms with E-state index in [0.717, 1.165) is 29.0 Å². The third-order valence-corrected chi connectivity index (χ3v) is 6.81. The Morgan fingerprint density at radius 1 is 1.19 bits per heavy atom. The highest BCUT2D eigenvalue weighted by Gasteiger charge is 2.51. The summed E-state index contributed by atoms with van der Waals surface area (Å²) in [5.41, 5.74) is 5.14. The van der Waals surface area contributed by atoms with Gasteiger partial charge in [-0.3, -0.25) is 5.43 Å². The fraction of sp³-hybridized carbons (Fsp3) is 0.600. The van der Waals surface area contributed by atoms with Gasteiger partial charge in [0.1, 0.15) is 0 Å². The van der Waals surface area contributed by atoms with E-state index in [2.05, 4.69) is 15.8 Å². The van der Waals surface area contributed by atoms with Crippen LogP contribution in [0.2, 0.25) is 5.02 Å². The molecule has 4 saturated carbocycles. The van der Waals surface area contributed by atoms with E-state index in [1.165, 1.54) is 38.5 Å². The molecule has 4 aliphatic rings. The van der Waals surface area contributed by atoms with Crippen molar-refractivity contribution in [3.63, 3.8) is 0 Å². The lowest BCUT2D eigenvalue weighted by atomic mass is 9.53. The number of anilines is 1. The quantitative estimate of drug-likeness (QED) is 0.459. The predicted octanol–water partition coefficient (Wildman–Crippen LogP) is 4.17. The van der Waals surface area contributed by atoms with Crippen molar-refractivity contribution in [2.45, 2.75) is 44.1 Å². The minimum absolute atomic E-state index is 0.208. The van der Waals surface area contributed by atoms with Gasteiger partial charge in [-0.25, -0.2) is 0 Å². The Hall–Kier alpha value is -1.33. The van der Waals surface area contributed by atoms with Crippen LogP contribution < -0.4 is 15.6 Å². The summed E-state index contributed by atoms with van der Waals surface area (Å²) >= 11 is 11.9. The smallest absolute Gasteiger partial charge is 0.187 e. The van der Waals surface area contributed by atoms with E-state index in [4.69, 9.17) is 23.8 Å². The molecule has 6 heteroatoms. The maximum atomic E-state index is 6.34. The van der Waals surface area contributed by atoms with E-state index in [0.29, 0.717) is 10.1 Å². The van der Waals surface area contributed by atoms with Crippen LogP contribution in [-0.2, 0) is 0 Å². The predicted molar refractivity (Wildman–Crippen MR) is 113 cm³/mol. The maximum absolute atomic E-state index is 6.34. The Morgan fingerprint density at radius 3 is 2.35 bits per heavy atom. The van der Waals surface area contributed by atoms with Gasteiger partial charge in [-0.2, -0.15) is 5.10 Å². The first kappa shape index (κ1) is 18.1. The molecule has 4 aliphatic carbocycles. The molecule has 4 bridgehead atoms. The summed E-state index contributed by atoms with van der Waals surface area (Å²) in [6.45, 7) is 0. The number of hydrogen-bond acceptors (Lipinski definition) is 3. The van der Waals surface area contributed by atoms with Crippen molar-refractivity contribution in [2.24, 2.45) is 22.9 Å². The second-order valence-electron chi connectivity index (χ2n) is 8.62. The van der Waals surface area contributed by atoms with Gasteiger partial charge in [0, 0.05) is 30.9 Å². The lowest BCUT2D eigenvalue weighted by Gasteiger charge is -2.57. The molecule has 0 amide bonds. The van der Waals surface area contributed by atoms with Gasteiger partial charge in [0.05, 0.1) is 11.2 Å². The summed E-state index contributed by atoms with van der Waals surface area (Å²) in [6, 6.07) is 5.94. The topological polar surface area (TPSA) is 39.7 Å². The van der Waals surface area contributed by atoms with Gasteiger partial charge in [0.2, 0.25) is 0 Å². The van der Waals surface area contributed by atoms with Gasteiger partial charge >= 0.3 is 0 Å². The standard InChI is InChI=1S/C20H27ClN4S/c1-25(2)17-4-3-16(18(21)8-17)12-22-24-19(26)23-20-9-13-5-14(10-20)7-15(6-13)11-20/h3-4,8,12-15H,5-7,9-11H2,1-2H3,(H2,23,24,26). The normalized spacial score (nSPS) is 32.0. The van der Waals surface area contributed by atoms with Crippen molar-refractivity contribution in [3.05, 3.63) is 28.8 Å². The van der Waals surface area contributed by atoms with Crippen molar-refractivity contribution in [1.82, 2.24) is 10.7 Å². The third kappa shape index (κ3) is 3.70. The molecule has 0 radical (unpaired) electrons. The van der Waals surface area contributed by atoms with Crippen LogP contribution in [0.1, 0.15) is 44.1 Å². The van der Waals surface area contributed by atoms with E-state index in [-0.39, 0.29) is 5.54 Å². The van der Waals surface area contributed by atoms with Crippen LogP contribution in [0, 0.1) is 17.8 Å². The lowest BCUT2D eigenvalue weighted by molar-refractivity contribution is -0.0101. The molecule has 0 atom stereocenters. The largest absolute Gasteiger partial charge is 0.378 e. The molecule has 0 aliphatic heterocycles. The molecule has 5 rings (SSSR count). The number of nitrogens with one attached hydrogen (secondary N) is 2. The van der Waals surface area contributed by atoms with Crippen LogP contribution in [0.25, 0.3) is 0 Å². The average molecular weight is 391 g/mol. The van der Waals surface area contributed by atoms with Gasteiger partial charge in [-0.1, -0.05) is 11.6 Å². The van der Waals surface area contributed by atoms with Crippen LogP contribution >= 0.6 is 23.8 Å². The summed E-state index contributed by atoms with van der Waals surface area (Å²) in [5, 5.41) is 9.23. The third-order valence-electron chi connectivity index (χ3n) is 6.29. The number of benzene rings is 1. The minimum Gasteiger partial charge on any atom is -0.378 e. The summed E-state index contributed by atoms with van der Waals surface area (Å²) < 4.78 is 0. The molecule has 26 heavy (non-hydrogen) atoms. The van der Waals surface area contributed by atoms with Gasteiger partial charge in [-0.05, 0) is 86.7 Å². The first-order chi connectivity index (χ1) is 12.4.